The Hall–Kier alpha value is -3.92. The number of hydrogen-bond acceptors (Lipinski definition) is 6. The molecule has 3 rings (SSSR count). The van der Waals surface area contributed by atoms with Gasteiger partial charge < -0.3 is 19.4 Å². The molecule has 180 valence electrons. The van der Waals surface area contributed by atoms with Crippen LogP contribution in [0.25, 0.3) is 10.9 Å². The molecule has 3 aromatic rings. The van der Waals surface area contributed by atoms with Gasteiger partial charge in [-0.3, -0.25) is 19.6 Å². The number of carbonyl (C=O) groups is 2. The fourth-order valence-electron chi connectivity index (χ4n) is 3.61. The number of aryl methyl sites for hydroxylation is 1. The number of amides is 2. The van der Waals surface area contributed by atoms with Crippen LogP contribution in [-0.4, -0.2) is 35.8 Å². The normalized spacial score (nSPS) is 10.7. The topological polar surface area (TPSA) is 119 Å². The summed E-state index contributed by atoms with van der Waals surface area (Å²) in [4.78, 5) is 37.2. The molecule has 0 radical (unpaired) electrons. The van der Waals surface area contributed by atoms with Gasteiger partial charge in [0.05, 0.1) is 25.4 Å². The number of pyridine rings is 1. The standard InChI is InChI=1S/C24H26FN3O6/c1-33-16-8-9-19(21(13-16)34-2)26-24(31)18-14-28(11-5-3-4-6-22(29)27-32)20-10-7-15(25)12-17(20)23(18)30/h7-10,12-14,32H,3-6,11H2,1-2H3,(H,26,31)(H,27,29). The molecule has 0 aliphatic rings. The van der Waals surface area contributed by atoms with E-state index in [4.69, 9.17) is 14.7 Å². The highest BCUT2D eigenvalue weighted by molar-refractivity contribution is 6.06. The fourth-order valence-corrected chi connectivity index (χ4v) is 3.61. The molecular weight excluding hydrogens is 445 g/mol. The minimum Gasteiger partial charge on any atom is -0.497 e. The molecule has 1 aromatic heterocycles. The zero-order valence-electron chi connectivity index (χ0n) is 18.9. The Morgan fingerprint density at radius 3 is 2.56 bits per heavy atom. The maximum absolute atomic E-state index is 13.9. The van der Waals surface area contributed by atoms with Crippen molar-refractivity contribution in [2.24, 2.45) is 0 Å². The molecule has 34 heavy (non-hydrogen) atoms. The van der Waals surface area contributed by atoms with E-state index in [2.05, 4.69) is 5.32 Å². The van der Waals surface area contributed by atoms with Crippen molar-refractivity contribution in [1.29, 1.82) is 0 Å². The van der Waals surface area contributed by atoms with Gasteiger partial charge in [-0.15, -0.1) is 0 Å². The Morgan fingerprint density at radius 1 is 1.06 bits per heavy atom. The van der Waals surface area contributed by atoms with Gasteiger partial charge in [0.15, 0.2) is 0 Å². The average molecular weight is 471 g/mol. The zero-order chi connectivity index (χ0) is 24.7. The Kier molecular flexibility index (Phi) is 8.20. The molecular formula is C24H26FN3O6. The second kappa shape index (κ2) is 11.3. The lowest BCUT2D eigenvalue weighted by Crippen LogP contribution is -2.24. The number of nitrogens with one attached hydrogen (secondary N) is 2. The molecule has 0 atom stereocenters. The third kappa shape index (κ3) is 5.70. The summed E-state index contributed by atoms with van der Waals surface area (Å²) in [6.07, 6.45) is 3.51. The van der Waals surface area contributed by atoms with E-state index in [1.807, 2.05) is 0 Å². The number of unbranched alkanes of at least 4 members (excludes halogenated alkanes) is 2. The number of methoxy groups -OCH3 is 2. The van der Waals surface area contributed by atoms with Gasteiger partial charge in [0.2, 0.25) is 11.3 Å². The quantitative estimate of drug-likeness (QED) is 0.237. The number of rotatable bonds is 10. The Morgan fingerprint density at radius 2 is 1.85 bits per heavy atom. The second-order valence-electron chi connectivity index (χ2n) is 7.59. The summed E-state index contributed by atoms with van der Waals surface area (Å²) in [5, 5.41) is 11.3. The van der Waals surface area contributed by atoms with E-state index >= 15 is 0 Å². The fraction of sp³-hybridized carbons (Fsp3) is 0.292. The van der Waals surface area contributed by atoms with E-state index in [1.54, 1.807) is 28.2 Å². The third-order valence-corrected chi connectivity index (χ3v) is 5.37. The van der Waals surface area contributed by atoms with E-state index in [1.165, 1.54) is 32.5 Å². The summed E-state index contributed by atoms with van der Waals surface area (Å²) in [6, 6.07) is 8.71. The van der Waals surface area contributed by atoms with Crippen molar-refractivity contribution in [3.8, 4) is 11.5 Å². The van der Waals surface area contributed by atoms with E-state index in [0.717, 1.165) is 6.07 Å². The molecule has 9 nitrogen and oxygen atoms in total. The lowest BCUT2D eigenvalue weighted by Gasteiger charge is -2.15. The molecule has 0 fully saturated rings. The number of halogens is 1. The molecule has 2 amide bonds. The molecule has 0 spiro atoms. The first-order valence-corrected chi connectivity index (χ1v) is 10.7. The van der Waals surface area contributed by atoms with Crippen LogP contribution in [-0.2, 0) is 11.3 Å². The summed E-state index contributed by atoms with van der Waals surface area (Å²) in [5.74, 6) is -0.813. The lowest BCUT2D eigenvalue weighted by atomic mass is 10.1. The molecule has 0 bridgehead atoms. The van der Waals surface area contributed by atoms with Crippen molar-refractivity contribution >= 4 is 28.4 Å². The Bertz CT molecular complexity index is 1260. The van der Waals surface area contributed by atoms with E-state index in [0.29, 0.717) is 48.5 Å². The first-order chi connectivity index (χ1) is 16.4. The molecule has 0 unspecified atom stereocenters. The minimum atomic E-state index is -0.659. The van der Waals surface area contributed by atoms with Crippen molar-refractivity contribution in [3.63, 3.8) is 0 Å². The number of nitrogens with zero attached hydrogens (tertiary/aromatic N) is 1. The van der Waals surface area contributed by atoms with Crippen LogP contribution in [0.3, 0.4) is 0 Å². The van der Waals surface area contributed by atoms with Crippen LogP contribution in [0.2, 0.25) is 0 Å². The minimum absolute atomic E-state index is 0.0917. The van der Waals surface area contributed by atoms with Crippen LogP contribution in [0.15, 0.2) is 47.4 Å². The highest BCUT2D eigenvalue weighted by Gasteiger charge is 2.18. The van der Waals surface area contributed by atoms with Crippen LogP contribution < -0.4 is 25.7 Å². The Balaban J connectivity index is 1.89. The first-order valence-electron chi connectivity index (χ1n) is 10.7. The van der Waals surface area contributed by atoms with Crippen molar-refractivity contribution in [2.45, 2.75) is 32.2 Å². The monoisotopic (exact) mass is 471 g/mol. The maximum Gasteiger partial charge on any atom is 0.261 e. The highest BCUT2D eigenvalue weighted by Crippen LogP contribution is 2.29. The number of aromatic nitrogens is 1. The van der Waals surface area contributed by atoms with Gasteiger partial charge in [-0.05, 0) is 43.2 Å². The number of fused-ring (bicyclic) bond motifs is 1. The average Bonchev–Trinajstić information content (AvgIpc) is 2.85. The predicted molar refractivity (Wildman–Crippen MR) is 124 cm³/mol. The van der Waals surface area contributed by atoms with Gasteiger partial charge in [-0.25, -0.2) is 9.87 Å². The number of anilines is 1. The van der Waals surface area contributed by atoms with Crippen LogP contribution >= 0.6 is 0 Å². The van der Waals surface area contributed by atoms with Crippen LogP contribution in [0.1, 0.15) is 36.0 Å². The molecule has 0 saturated heterocycles. The Labute approximate surface area is 195 Å². The van der Waals surface area contributed by atoms with Gasteiger partial charge in [-0.2, -0.15) is 0 Å². The van der Waals surface area contributed by atoms with Crippen molar-refractivity contribution in [1.82, 2.24) is 10.0 Å². The molecule has 0 saturated carbocycles. The van der Waals surface area contributed by atoms with Crippen molar-refractivity contribution in [3.05, 3.63) is 64.2 Å². The number of hydrogen-bond donors (Lipinski definition) is 3. The van der Waals surface area contributed by atoms with Gasteiger partial charge in [0.1, 0.15) is 22.9 Å². The zero-order valence-corrected chi connectivity index (χ0v) is 18.9. The van der Waals surface area contributed by atoms with Crippen LogP contribution in [0.5, 0.6) is 11.5 Å². The number of benzene rings is 2. The summed E-state index contributed by atoms with van der Waals surface area (Å²) < 4.78 is 26.1. The van der Waals surface area contributed by atoms with Crippen molar-refractivity contribution in [2.75, 3.05) is 19.5 Å². The first kappa shape index (κ1) is 24.7. The highest BCUT2D eigenvalue weighted by atomic mass is 19.1. The molecule has 0 aliphatic heterocycles. The molecule has 0 aliphatic carbocycles. The van der Waals surface area contributed by atoms with Gasteiger partial charge in [0, 0.05) is 30.6 Å². The third-order valence-electron chi connectivity index (χ3n) is 5.37. The molecule has 10 heteroatoms. The van der Waals surface area contributed by atoms with E-state index < -0.39 is 23.1 Å². The molecule has 1 heterocycles. The van der Waals surface area contributed by atoms with Gasteiger partial charge >= 0.3 is 0 Å². The van der Waals surface area contributed by atoms with Crippen LogP contribution in [0.4, 0.5) is 10.1 Å². The number of hydroxylamine groups is 1. The number of carbonyl (C=O) groups excluding carboxylic acids is 2. The summed E-state index contributed by atoms with van der Waals surface area (Å²) >= 11 is 0. The summed E-state index contributed by atoms with van der Waals surface area (Å²) in [7, 11) is 2.95. The smallest absolute Gasteiger partial charge is 0.261 e. The van der Waals surface area contributed by atoms with Crippen molar-refractivity contribution < 1.29 is 28.7 Å². The number of ether oxygens (including phenoxy) is 2. The largest absolute Gasteiger partial charge is 0.497 e. The maximum atomic E-state index is 13.9. The summed E-state index contributed by atoms with van der Waals surface area (Å²) in [6.45, 7) is 0.440. The lowest BCUT2D eigenvalue weighted by molar-refractivity contribution is -0.129. The molecule has 2 aromatic carbocycles. The molecule has 3 N–H and O–H groups in total. The second-order valence-corrected chi connectivity index (χ2v) is 7.59. The van der Waals surface area contributed by atoms with Gasteiger partial charge in [0.25, 0.3) is 5.91 Å². The summed E-state index contributed by atoms with van der Waals surface area (Å²) in [5.41, 5.74) is 1.70. The predicted octanol–water partition coefficient (Wildman–Crippen LogP) is 3.48. The van der Waals surface area contributed by atoms with Gasteiger partial charge in [-0.1, -0.05) is 6.42 Å². The van der Waals surface area contributed by atoms with Crippen LogP contribution in [0, 0.1) is 5.82 Å². The SMILES string of the molecule is COc1ccc(NC(=O)c2cn(CCCCCC(=O)NO)c3ccc(F)cc3c2=O)c(OC)c1. The van der Waals surface area contributed by atoms with E-state index in [-0.39, 0.29) is 17.4 Å². The van der Waals surface area contributed by atoms with E-state index in [9.17, 15) is 18.8 Å².